The molecule has 0 saturated carbocycles. The van der Waals surface area contributed by atoms with E-state index in [4.69, 9.17) is 16.3 Å². The summed E-state index contributed by atoms with van der Waals surface area (Å²) in [6, 6.07) is 3.08. The van der Waals surface area contributed by atoms with Gasteiger partial charge in [-0.2, -0.15) is 0 Å². The molecule has 110 valence electrons. The second-order valence-electron chi connectivity index (χ2n) is 5.62. The molecule has 0 bridgehead atoms. The van der Waals surface area contributed by atoms with Gasteiger partial charge < -0.3 is 10.1 Å². The first-order valence-corrected chi connectivity index (χ1v) is 6.84. The van der Waals surface area contributed by atoms with Gasteiger partial charge in [0.2, 0.25) is 0 Å². The molecule has 0 radical (unpaired) electrons. The van der Waals surface area contributed by atoms with Gasteiger partial charge in [0.15, 0.2) is 0 Å². The Hall–Kier alpha value is -1.55. The number of hydrogen-bond acceptors (Lipinski definition) is 3. The van der Waals surface area contributed by atoms with Crippen molar-refractivity contribution in [1.29, 1.82) is 0 Å². The number of rotatable bonds is 4. The number of nitrogens with one attached hydrogen (secondary N) is 1. The fourth-order valence-electron chi connectivity index (χ4n) is 1.64. The van der Waals surface area contributed by atoms with E-state index in [2.05, 4.69) is 16.9 Å². The minimum Gasteiger partial charge on any atom is -0.444 e. The summed E-state index contributed by atoms with van der Waals surface area (Å²) >= 11 is 5.97. The molecule has 0 aliphatic heterocycles. The molecule has 1 aromatic heterocycles. The molecule has 0 saturated heterocycles. The predicted octanol–water partition coefficient (Wildman–Crippen LogP) is 4.12. The third-order valence-corrected chi connectivity index (χ3v) is 2.87. The van der Waals surface area contributed by atoms with E-state index >= 15 is 0 Å². The van der Waals surface area contributed by atoms with Crippen molar-refractivity contribution in [2.24, 2.45) is 5.92 Å². The Morgan fingerprint density at radius 2 is 2.20 bits per heavy atom. The van der Waals surface area contributed by atoms with Gasteiger partial charge in [0.05, 0.1) is 11.7 Å². The topological polar surface area (TPSA) is 51.2 Å². The molecule has 1 N–H and O–H groups in total. The maximum absolute atomic E-state index is 11.9. The average Bonchev–Trinajstić information content (AvgIpc) is 2.33. The maximum Gasteiger partial charge on any atom is 0.408 e. The molecule has 0 aliphatic rings. The zero-order chi connectivity index (χ0) is 15.3. The van der Waals surface area contributed by atoms with E-state index in [1.807, 2.05) is 27.7 Å². The first kappa shape index (κ1) is 16.5. The Labute approximate surface area is 125 Å². The van der Waals surface area contributed by atoms with E-state index < -0.39 is 11.7 Å². The normalized spacial score (nSPS) is 14.2. The van der Waals surface area contributed by atoms with Crippen LogP contribution in [0.4, 0.5) is 4.79 Å². The van der Waals surface area contributed by atoms with Crippen molar-refractivity contribution in [2.45, 2.75) is 39.3 Å². The Morgan fingerprint density at radius 1 is 1.55 bits per heavy atom. The molecule has 0 aromatic carbocycles. The third kappa shape index (κ3) is 5.21. The summed E-state index contributed by atoms with van der Waals surface area (Å²) in [5.41, 5.74) is 0.129. The lowest BCUT2D eigenvalue weighted by Crippen LogP contribution is -2.37. The van der Waals surface area contributed by atoms with E-state index in [1.165, 1.54) is 0 Å². The molecular formula is C15H21ClN2O2. The lowest BCUT2D eigenvalue weighted by atomic mass is 9.98. The largest absolute Gasteiger partial charge is 0.444 e. The van der Waals surface area contributed by atoms with Crippen LogP contribution >= 0.6 is 11.6 Å². The van der Waals surface area contributed by atoms with Crippen molar-refractivity contribution in [2.75, 3.05) is 0 Å². The Morgan fingerprint density at radius 3 is 2.70 bits per heavy atom. The first-order valence-electron chi connectivity index (χ1n) is 6.46. The van der Waals surface area contributed by atoms with Crippen molar-refractivity contribution in [3.8, 4) is 0 Å². The SMILES string of the molecule is C=C[C@@H](C)[C@H](NC(=O)OC(C)(C)C)c1cc(Cl)ccn1. The lowest BCUT2D eigenvalue weighted by molar-refractivity contribution is 0.0492. The van der Waals surface area contributed by atoms with Crippen molar-refractivity contribution < 1.29 is 9.53 Å². The fourth-order valence-corrected chi connectivity index (χ4v) is 1.80. The average molecular weight is 297 g/mol. The van der Waals surface area contributed by atoms with Gasteiger partial charge >= 0.3 is 6.09 Å². The zero-order valence-electron chi connectivity index (χ0n) is 12.3. The van der Waals surface area contributed by atoms with Crippen LogP contribution in [-0.4, -0.2) is 16.7 Å². The van der Waals surface area contributed by atoms with E-state index in [1.54, 1.807) is 24.4 Å². The van der Waals surface area contributed by atoms with E-state index in [-0.39, 0.29) is 12.0 Å². The lowest BCUT2D eigenvalue weighted by Gasteiger charge is -2.25. The second-order valence-corrected chi connectivity index (χ2v) is 6.05. The Kier molecular flexibility index (Phi) is 5.57. The number of halogens is 1. The molecular weight excluding hydrogens is 276 g/mol. The van der Waals surface area contributed by atoms with E-state index in [0.29, 0.717) is 10.7 Å². The molecule has 1 amide bonds. The van der Waals surface area contributed by atoms with Crippen LogP contribution in [0.3, 0.4) is 0 Å². The first-order chi connectivity index (χ1) is 9.23. The number of pyridine rings is 1. The maximum atomic E-state index is 11.9. The fraction of sp³-hybridized carbons (Fsp3) is 0.467. The van der Waals surface area contributed by atoms with Crippen molar-refractivity contribution in [1.82, 2.24) is 10.3 Å². The van der Waals surface area contributed by atoms with Crippen LogP contribution in [0, 0.1) is 5.92 Å². The van der Waals surface area contributed by atoms with Gasteiger partial charge in [-0.25, -0.2) is 4.79 Å². The minimum absolute atomic E-state index is 0.00603. The molecule has 1 rings (SSSR count). The highest BCUT2D eigenvalue weighted by Crippen LogP contribution is 2.23. The van der Waals surface area contributed by atoms with Crippen LogP contribution < -0.4 is 5.32 Å². The zero-order valence-corrected chi connectivity index (χ0v) is 13.1. The molecule has 0 fully saturated rings. The van der Waals surface area contributed by atoms with Crippen LogP contribution in [-0.2, 0) is 4.74 Å². The molecule has 1 heterocycles. The number of ether oxygens (including phenoxy) is 1. The standard InChI is InChI=1S/C15H21ClN2O2/c1-6-10(2)13(12-9-11(16)7-8-17-12)18-14(19)20-15(3,4)5/h6-10,13H,1H2,2-5H3,(H,18,19)/t10-,13+/m1/s1. The Balaban J connectivity index is 2.91. The van der Waals surface area contributed by atoms with E-state index in [9.17, 15) is 4.79 Å². The van der Waals surface area contributed by atoms with Crippen LogP contribution in [0.1, 0.15) is 39.4 Å². The molecule has 5 heteroatoms. The number of amides is 1. The van der Waals surface area contributed by atoms with Gasteiger partial charge in [-0.3, -0.25) is 4.98 Å². The quantitative estimate of drug-likeness (QED) is 0.850. The summed E-state index contributed by atoms with van der Waals surface area (Å²) in [7, 11) is 0. The van der Waals surface area contributed by atoms with Crippen LogP contribution in [0.2, 0.25) is 5.02 Å². The van der Waals surface area contributed by atoms with Gasteiger partial charge in [-0.05, 0) is 38.8 Å². The summed E-state index contributed by atoms with van der Waals surface area (Å²) in [6.07, 6.45) is 2.87. The molecule has 0 aliphatic carbocycles. The molecule has 20 heavy (non-hydrogen) atoms. The highest BCUT2D eigenvalue weighted by molar-refractivity contribution is 6.30. The van der Waals surface area contributed by atoms with Gasteiger partial charge in [-0.15, -0.1) is 6.58 Å². The number of hydrogen-bond donors (Lipinski definition) is 1. The summed E-state index contributed by atoms with van der Waals surface area (Å²) in [4.78, 5) is 16.2. The smallest absolute Gasteiger partial charge is 0.408 e. The number of nitrogens with zero attached hydrogens (tertiary/aromatic N) is 1. The van der Waals surface area contributed by atoms with Crippen LogP contribution in [0.25, 0.3) is 0 Å². The van der Waals surface area contributed by atoms with Gasteiger partial charge in [0.25, 0.3) is 0 Å². The molecule has 0 spiro atoms. The molecule has 2 atom stereocenters. The van der Waals surface area contributed by atoms with Crippen LogP contribution in [0.15, 0.2) is 31.0 Å². The number of alkyl carbamates (subject to hydrolysis) is 1. The summed E-state index contributed by atoms with van der Waals surface area (Å²) in [5.74, 6) is -0.00603. The predicted molar refractivity (Wildman–Crippen MR) is 80.7 cm³/mol. The Bertz CT molecular complexity index is 483. The highest BCUT2D eigenvalue weighted by atomic mass is 35.5. The number of aromatic nitrogens is 1. The number of carbonyl (C=O) groups excluding carboxylic acids is 1. The van der Waals surface area contributed by atoms with Crippen molar-refractivity contribution in [3.63, 3.8) is 0 Å². The second kappa shape index (κ2) is 6.75. The summed E-state index contributed by atoms with van der Waals surface area (Å²) in [5, 5.41) is 3.39. The van der Waals surface area contributed by atoms with Crippen molar-refractivity contribution in [3.05, 3.63) is 41.7 Å². The van der Waals surface area contributed by atoms with E-state index in [0.717, 1.165) is 0 Å². The van der Waals surface area contributed by atoms with Gasteiger partial charge in [-0.1, -0.05) is 24.6 Å². The number of carbonyl (C=O) groups is 1. The molecule has 1 aromatic rings. The summed E-state index contributed by atoms with van der Waals surface area (Å²) < 4.78 is 5.27. The summed E-state index contributed by atoms with van der Waals surface area (Å²) in [6.45, 7) is 11.1. The molecule has 0 unspecified atom stereocenters. The van der Waals surface area contributed by atoms with Gasteiger partial charge in [0.1, 0.15) is 5.60 Å². The van der Waals surface area contributed by atoms with Gasteiger partial charge in [0, 0.05) is 11.2 Å². The molecule has 4 nitrogen and oxygen atoms in total. The van der Waals surface area contributed by atoms with Crippen molar-refractivity contribution >= 4 is 17.7 Å². The third-order valence-electron chi connectivity index (χ3n) is 2.63. The van der Waals surface area contributed by atoms with Crippen LogP contribution in [0.5, 0.6) is 0 Å². The minimum atomic E-state index is -0.548. The highest BCUT2D eigenvalue weighted by Gasteiger charge is 2.24. The monoisotopic (exact) mass is 296 g/mol.